The van der Waals surface area contributed by atoms with Gasteiger partial charge in [-0.05, 0) is 23.8 Å². The third kappa shape index (κ3) is 3.07. The van der Waals surface area contributed by atoms with Gasteiger partial charge in [0.1, 0.15) is 6.10 Å². The Bertz CT molecular complexity index is 360. The minimum atomic E-state index is -1.90. The fourth-order valence-electron chi connectivity index (χ4n) is 1.06. The van der Waals surface area contributed by atoms with Gasteiger partial charge < -0.3 is 15.3 Å². The molecule has 0 saturated carbocycles. The van der Waals surface area contributed by atoms with Crippen molar-refractivity contribution in [1.29, 1.82) is 0 Å². The lowest BCUT2D eigenvalue weighted by molar-refractivity contribution is -0.153. The number of carboxylic acid groups (broad SMARTS) is 1. The average molecular weight is 251 g/mol. The lowest BCUT2D eigenvalue weighted by Gasteiger charge is -2.14. The van der Waals surface area contributed by atoms with Gasteiger partial charge in [-0.1, -0.05) is 23.2 Å². The van der Waals surface area contributed by atoms with Crippen molar-refractivity contribution in [3.05, 3.63) is 33.8 Å². The molecule has 6 heteroatoms. The van der Waals surface area contributed by atoms with Crippen molar-refractivity contribution >= 4 is 29.2 Å². The Balaban J connectivity index is 3.00. The van der Waals surface area contributed by atoms with Crippen molar-refractivity contribution in [2.45, 2.75) is 12.2 Å². The molecule has 15 heavy (non-hydrogen) atoms. The smallest absolute Gasteiger partial charge is 0.335 e. The summed E-state index contributed by atoms with van der Waals surface area (Å²) < 4.78 is 0. The van der Waals surface area contributed by atoms with E-state index in [1.165, 1.54) is 18.2 Å². The number of hydrogen-bond donors (Lipinski definition) is 3. The molecule has 2 atom stereocenters. The Hall–Kier alpha value is -0.810. The van der Waals surface area contributed by atoms with Crippen LogP contribution < -0.4 is 0 Å². The van der Waals surface area contributed by atoms with Crippen LogP contribution in [0.15, 0.2) is 18.2 Å². The Morgan fingerprint density at radius 2 is 1.60 bits per heavy atom. The Labute approximate surface area is 95.7 Å². The van der Waals surface area contributed by atoms with E-state index in [1.807, 2.05) is 0 Å². The third-order valence-electron chi connectivity index (χ3n) is 1.78. The fourth-order valence-corrected chi connectivity index (χ4v) is 1.61. The molecule has 2 unspecified atom stereocenters. The second-order valence-corrected chi connectivity index (χ2v) is 3.80. The summed E-state index contributed by atoms with van der Waals surface area (Å²) >= 11 is 11.3. The molecule has 0 aliphatic carbocycles. The van der Waals surface area contributed by atoms with Crippen LogP contribution in [-0.4, -0.2) is 27.4 Å². The first-order valence-electron chi connectivity index (χ1n) is 3.96. The topological polar surface area (TPSA) is 77.8 Å². The predicted octanol–water partition coefficient (Wildman–Crippen LogP) is 1.47. The number of aliphatic carboxylic acids is 1. The van der Waals surface area contributed by atoms with E-state index in [4.69, 9.17) is 33.4 Å². The standard InChI is InChI=1S/C9H8Cl2O4/c10-5-1-4(2-6(11)3-5)7(12)8(13)9(14)15/h1-3,7-8,12-13H,(H,14,15). The molecule has 82 valence electrons. The summed E-state index contributed by atoms with van der Waals surface area (Å²) in [6, 6.07) is 4.11. The second-order valence-electron chi connectivity index (χ2n) is 2.93. The van der Waals surface area contributed by atoms with Crippen LogP contribution in [0.3, 0.4) is 0 Å². The SMILES string of the molecule is O=C(O)C(O)C(O)c1cc(Cl)cc(Cl)c1. The minimum absolute atomic E-state index is 0.155. The van der Waals surface area contributed by atoms with E-state index >= 15 is 0 Å². The second kappa shape index (κ2) is 4.81. The molecule has 0 spiro atoms. The van der Waals surface area contributed by atoms with Gasteiger partial charge in [-0.25, -0.2) is 4.79 Å². The summed E-state index contributed by atoms with van der Waals surface area (Å²) in [6.45, 7) is 0. The van der Waals surface area contributed by atoms with E-state index in [1.54, 1.807) is 0 Å². The van der Waals surface area contributed by atoms with E-state index < -0.39 is 18.2 Å². The van der Waals surface area contributed by atoms with E-state index in [2.05, 4.69) is 0 Å². The van der Waals surface area contributed by atoms with Crippen LogP contribution in [0.1, 0.15) is 11.7 Å². The Kier molecular flexibility index (Phi) is 3.93. The number of hydrogen-bond acceptors (Lipinski definition) is 3. The summed E-state index contributed by atoms with van der Waals surface area (Å²) in [7, 11) is 0. The highest BCUT2D eigenvalue weighted by Crippen LogP contribution is 2.25. The van der Waals surface area contributed by atoms with Crippen LogP contribution in [-0.2, 0) is 4.79 Å². The maximum atomic E-state index is 10.4. The Morgan fingerprint density at radius 1 is 1.13 bits per heavy atom. The number of halogens is 2. The van der Waals surface area contributed by atoms with Gasteiger partial charge in [0.2, 0.25) is 0 Å². The molecule has 0 aliphatic rings. The molecule has 3 N–H and O–H groups in total. The molecule has 1 aromatic rings. The molecule has 0 bridgehead atoms. The molecule has 0 saturated heterocycles. The number of aliphatic hydroxyl groups excluding tert-OH is 2. The first-order valence-corrected chi connectivity index (χ1v) is 4.72. The van der Waals surface area contributed by atoms with Crippen LogP contribution in [0, 0.1) is 0 Å². The van der Waals surface area contributed by atoms with E-state index in [9.17, 15) is 9.90 Å². The number of aliphatic hydroxyl groups is 2. The van der Waals surface area contributed by atoms with Crippen molar-refractivity contribution < 1.29 is 20.1 Å². The van der Waals surface area contributed by atoms with Crippen LogP contribution >= 0.6 is 23.2 Å². The zero-order valence-electron chi connectivity index (χ0n) is 7.39. The van der Waals surface area contributed by atoms with Crippen LogP contribution in [0.5, 0.6) is 0 Å². The summed E-state index contributed by atoms with van der Waals surface area (Å²) in [6.07, 6.45) is -3.46. The molecule has 0 heterocycles. The van der Waals surface area contributed by atoms with Gasteiger partial charge in [0.05, 0.1) is 0 Å². The van der Waals surface area contributed by atoms with Crippen LogP contribution in [0.25, 0.3) is 0 Å². The zero-order valence-corrected chi connectivity index (χ0v) is 8.90. The highest BCUT2D eigenvalue weighted by Gasteiger charge is 2.25. The lowest BCUT2D eigenvalue weighted by Crippen LogP contribution is -2.27. The van der Waals surface area contributed by atoms with Crippen molar-refractivity contribution in [2.24, 2.45) is 0 Å². The van der Waals surface area contributed by atoms with Crippen molar-refractivity contribution in [3.8, 4) is 0 Å². The molecule has 0 fully saturated rings. The number of carbonyl (C=O) groups is 1. The van der Waals surface area contributed by atoms with Crippen LogP contribution in [0.4, 0.5) is 0 Å². The highest BCUT2D eigenvalue weighted by molar-refractivity contribution is 6.34. The maximum Gasteiger partial charge on any atom is 0.335 e. The molecule has 1 rings (SSSR count). The lowest BCUT2D eigenvalue weighted by atomic mass is 10.0. The zero-order chi connectivity index (χ0) is 11.6. The van der Waals surface area contributed by atoms with Crippen molar-refractivity contribution in [2.75, 3.05) is 0 Å². The molecule has 0 radical (unpaired) electrons. The van der Waals surface area contributed by atoms with Gasteiger partial charge in [0, 0.05) is 10.0 Å². The van der Waals surface area contributed by atoms with Crippen LogP contribution in [0.2, 0.25) is 10.0 Å². The van der Waals surface area contributed by atoms with E-state index in [0.717, 1.165) is 0 Å². The maximum absolute atomic E-state index is 10.4. The van der Waals surface area contributed by atoms with E-state index in [-0.39, 0.29) is 15.6 Å². The quantitative estimate of drug-likeness (QED) is 0.760. The fraction of sp³-hybridized carbons (Fsp3) is 0.222. The van der Waals surface area contributed by atoms with E-state index in [0.29, 0.717) is 0 Å². The summed E-state index contributed by atoms with van der Waals surface area (Å²) in [5.41, 5.74) is 0.155. The van der Waals surface area contributed by atoms with Crippen molar-refractivity contribution in [3.63, 3.8) is 0 Å². The summed E-state index contributed by atoms with van der Waals surface area (Å²) in [5, 5.41) is 27.5. The molecule has 0 aromatic heterocycles. The van der Waals surface area contributed by atoms with Gasteiger partial charge in [-0.2, -0.15) is 0 Å². The molecule has 4 nitrogen and oxygen atoms in total. The Morgan fingerprint density at radius 3 is 2.00 bits per heavy atom. The predicted molar refractivity (Wildman–Crippen MR) is 55.1 cm³/mol. The molecular weight excluding hydrogens is 243 g/mol. The third-order valence-corrected chi connectivity index (χ3v) is 2.21. The monoisotopic (exact) mass is 250 g/mol. The molecule has 0 amide bonds. The first-order chi connectivity index (χ1) is 6.91. The summed E-state index contributed by atoms with van der Waals surface area (Å²) in [5.74, 6) is -1.52. The normalized spacial score (nSPS) is 14.7. The largest absolute Gasteiger partial charge is 0.479 e. The van der Waals surface area contributed by atoms with Gasteiger partial charge in [-0.3, -0.25) is 0 Å². The molecule has 1 aromatic carbocycles. The van der Waals surface area contributed by atoms with Gasteiger partial charge in [0.15, 0.2) is 6.10 Å². The number of benzene rings is 1. The first kappa shape index (κ1) is 12.3. The summed E-state index contributed by atoms with van der Waals surface area (Å²) in [4.78, 5) is 10.4. The molecular formula is C9H8Cl2O4. The van der Waals surface area contributed by atoms with Gasteiger partial charge >= 0.3 is 5.97 Å². The van der Waals surface area contributed by atoms with Crippen molar-refractivity contribution in [1.82, 2.24) is 0 Å². The molecule has 0 aliphatic heterocycles. The highest BCUT2D eigenvalue weighted by atomic mass is 35.5. The van der Waals surface area contributed by atoms with Gasteiger partial charge in [-0.15, -0.1) is 0 Å². The minimum Gasteiger partial charge on any atom is -0.479 e. The number of carboxylic acids is 1. The number of rotatable bonds is 3. The average Bonchev–Trinajstić information content (AvgIpc) is 2.13. The van der Waals surface area contributed by atoms with Gasteiger partial charge in [0.25, 0.3) is 0 Å².